The number of nitrogens with zero attached hydrogens (tertiary/aromatic N) is 4. The Balaban J connectivity index is 2.69. The van der Waals surface area contributed by atoms with Crippen LogP contribution in [0.1, 0.15) is 6.92 Å². The fourth-order valence-corrected chi connectivity index (χ4v) is 1.17. The Morgan fingerprint density at radius 2 is 2.28 bits per heavy atom. The van der Waals surface area contributed by atoms with Crippen LogP contribution in [0.3, 0.4) is 0 Å². The number of carboxylic acids is 1. The Labute approximate surface area is 102 Å². The molecule has 18 heavy (non-hydrogen) atoms. The smallest absolute Gasteiger partial charge is 0.326 e. The fraction of sp³-hybridized carbons (Fsp3) is 0.444. The van der Waals surface area contributed by atoms with E-state index in [0.29, 0.717) is 0 Å². The molecule has 1 amide bonds. The van der Waals surface area contributed by atoms with Gasteiger partial charge in [0, 0.05) is 7.05 Å². The highest BCUT2D eigenvalue weighted by molar-refractivity contribution is 5.82. The Kier molecular flexibility index (Phi) is 3.97. The molecule has 0 aromatic carbocycles. The van der Waals surface area contributed by atoms with Crippen LogP contribution in [-0.4, -0.2) is 49.7 Å². The molecule has 0 saturated carbocycles. The summed E-state index contributed by atoms with van der Waals surface area (Å²) in [6.07, 6.45) is 2.13. The van der Waals surface area contributed by atoms with Crippen molar-refractivity contribution in [1.82, 2.24) is 14.7 Å². The van der Waals surface area contributed by atoms with Gasteiger partial charge in [-0.3, -0.25) is 19.6 Å². The lowest BCUT2D eigenvalue weighted by Crippen LogP contribution is -2.41. The molecule has 9 heteroatoms. The topological polar surface area (TPSA) is 119 Å². The van der Waals surface area contributed by atoms with Gasteiger partial charge in [-0.25, -0.2) is 4.79 Å². The fourth-order valence-electron chi connectivity index (χ4n) is 1.17. The van der Waals surface area contributed by atoms with E-state index in [1.807, 2.05) is 0 Å². The first kappa shape index (κ1) is 13.6. The molecule has 0 bridgehead atoms. The molecular weight excluding hydrogens is 244 g/mol. The van der Waals surface area contributed by atoms with E-state index in [2.05, 4.69) is 5.10 Å². The van der Waals surface area contributed by atoms with E-state index < -0.39 is 22.8 Å². The summed E-state index contributed by atoms with van der Waals surface area (Å²) in [5.41, 5.74) is -0.225. The number of rotatable bonds is 5. The molecule has 0 fully saturated rings. The molecule has 1 aromatic rings. The first-order chi connectivity index (χ1) is 8.32. The highest BCUT2D eigenvalue weighted by Gasteiger charge is 2.22. The molecule has 1 unspecified atom stereocenters. The molecule has 1 atom stereocenters. The number of hydrogen-bond acceptors (Lipinski definition) is 5. The summed E-state index contributed by atoms with van der Waals surface area (Å²) in [7, 11) is 1.35. The van der Waals surface area contributed by atoms with Gasteiger partial charge in [0.05, 0.1) is 4.92 Å². The van der Waals surface area contributed by atoms with Crippen molar-refractivity contribution in [3.8, 4) is 0 Å². The molecule has 0 aliphatic heterocycles. The summed E-state index contributed by atoms with van der Waals surface area (Å²) in [6, 6.07) is -0.969. The quantitative estimate of drug-likeness (QED) is 0.571. The van der Waals surface area contributed by atoms with Crippen LogP contribution >= 0.6 is 0 Å². The maximum Gasteiger partial charge on any atom is 0.326 e. The minimum atomic E-state index is -1.13. The van der Waals surface area contributed by atoms with E-state index in [1.54, 1.807) is 0 Å². The average molecular weight is 256 g/mol. The van der Waals surface area contributed by atoms with Crippen molar-refractivity contribution in [1.29, 1.82) is 0 Å². The summed E-state index contributed by atoms with van der Waals surface area (Å²) in [6.45, 7) is 1.12. The number of aromatic nitrogens is 2. The second kappa shape index (κ2) is 5.25. The van der Waals surface area contributed by atoms with Crippen LogP contribution < -0.4 is 0 Å². The largest absolute Gasteiger partial charge is 0.480 e. The minimum absolute atomic E-state index is 0.225. The molecule has 0 aliphatic rings. The van der Waals surface area contributed by atoms with Crippen molar-refractivity contribution in [2.24, 2.45) is 0 Å². The molecule has 0 spiro atoms. The zero-order chi connectivity index (χ0) is 13.9. The predicted octanol–water partition coefficient (Wildman–Crippen LogP) is -0.277. The molecule has 1 N–H and O–H groups in total. The third-order valence-corrected chi connectivity index (χ3v) is 2.46. The van der Waals surface area contributed by atoms with Crippen LogP contribution in [0.5, 0.6) is 0 Å². The average Bonchev–Trinajstić information content (AvgIpc) is 2.75. The zero-order valence-corrected chi connectivity index (χ0v) is 9.81. The van der Waals surface area contributed by atoms with Crippen LogP contribution in [0.25, 0.3) is 0 Å². The molecule has 0 aliphatic carbocycles. The van der Waals surface area contributed by atoms with Gasteiger partial charge in [0.15, 0.2) is 0 Å². The van der Waals surface area contributed by atoms with Gasteiger partial charge in [-0.1, -0.05) is 0 Å². The highest BCUT2D eigenvalue weighted by atomic mass is 16.6. The molecule has 0 radical (unpaired) electrons. The standard InChI is InChI=1S/C9H12N4O5/c1-6(9(15)16)11(2)8(14)5-12-4-7(3-10-12)13(17)18/h3-4,6H,5H2,1-2H3,(H,15,16). The maximum atomic E-state index is 11.7. The number of hydrogen-bond donors (Lipinski definition) is 1. The molecule has 1 heterocycles. The van der Waals surface area contributed by atoms with Gasteiger partial charge in [0.25, 0.3) is 0 Å². The van der Waals surface area contributed by atoms with Gasteiger partial charge >= 0.3 is 11.7 Å². The zero-order valence-electron chi connectivity index (χ0n) is 9.81. The van der Waals surface area contributed by atoms with Crippen LogP contribution in [-0.2, 0) is 16.1 Å². The highest BCUT2D eigenvalue weighted by Crippen LogP contribution is 2.08. The second-order valence-corrected chi connectivity index (χ2v) is 3.67. The predicted molar refractivity (Wildman–Crippen MR) is 58.7 cm³/mol. The SMILES string of the molecule is CC(C(=O)O)N(C)C(=O)Cn1cc([N+](=O)[O-])cn1. The summed E-state index contributed by atoms with van der Waals surface area (Å²) < 4.78 is 1.09. The van der Waals surface area contributed by atoms with E-state index in [9.17, 15) is 19.7 Å². The van der Waals surface area contributed by atoms with E-state index >= 15 is 0 Å². The summed E-state index contributed by atoms with van der Waals surface area (Å²) in [4.78, 5) is 33.2. The normalized spacial score (nSPS) is 11.9. The van der Waals surface area contributed by atoms with Crippen LogP contribution in [0.4, 0.5) is 5.69 Å². The molecule has 0 saturated heterocycles. The number of likely N-dealkylation sites (N-methyl/N-ethyl adjacent to an activating group) is 1. The van der Waals surface area contributed by atoms with E-state index in [4.69, 9.17) is 5.11 Å². The minimum Gasteiger partial charge on any atom is -0.480 e. The van der Waals surface area contributed by atoms with Gasteiger partial charge in [-0.15, -0.1) is 0 Å². The molecule has 98 valence electrons. The summed E-state index contributed by atoms with van der Waals surface area (Å²) >= 11 is 0. The number of carbonyl (C=O) groups is 2. The van der Waals surface area contributed by atoms with Crippen molar-refractivity contribution in [3.63, 3.8) is 0 Å². The van der Waals surface area contributed by atoms with Crippen molar-refractivity contribution < 1.29 is 19.6 Å². The van der Waals surface area contributed by atoms with Crippen LogP contribution in [0, 0.1) is 10.1 Å². The maximum absolute atomic E-state index is 11.7. The Morgan fingerprint density at radius 3 is 2.72 bits per heavy atom. The lowest BCUT2D eigenvalue weighted by atomic mass is 10.3. The first-order valence-electron chi connectivity index (χ1n) is 4.98. The van der Waals surface area contributed by atoms with Gasteiger partial charge in [-0.2, -0.15) is 5.10 Å². The number of amides is 1. The number of nitro groups is 1. The van der Waals surface area contributed by atoms with E-state index in [1.165, 1.54) is 14.0 Å². The van der Waals surface area contributed by atoms with Crippen molar-refractivity contribution >= 4 is 17.6 Å². The van der Waals surface area contributed by atoms with Crippen molar-refractivity contribution in [2.45, 2.75) is 19.5 Å². The second-order valence-electron chi connectivity index (χ2n) is 3.67. The van der Waals surface area contributed by atoms with Gasteiger partial charge in [0.1, 0.15) is 25.0 Å². The summed E-state index contributed by atoms with van der Waals surface area (Å²) in [5, 5.41) is 22.8. The number of carboxylic acid groups (broad SMARTS) is 1. The Hall–Kier alpha value is -2.45. The van der Waals surface area contributed by atoms with E-state index in [-0.39, 0.29) is 12.2 Å². The molecule has 1 aromatic heterocycles. The Morgan fingerprint density at radius 1 is 1.67 bits per heavy atom. The van der Waals surface area contributed by atoms with Gasteiger partial charge in [-0.05, 0) is 6.92 Å². The lowest BCUT2D eigenvalue weighted by Gasteiger charge is -2.21. The van der Waals surface area contributed by atoms with Gasteiger partial charge in [0.2, 0.25) is 5.91 Å². The Bertz CT molecular complexity index is 483. The van der Waals surface area contributed by atoms with Crippen molar-refractivity contribution in [3.05, 3.63) is 22.5 Å². The van der Waals surface area contributed by atoms with E-state index in [0.717, 1.165) is 22.0 Å². The van der Waals surface area contributed by atoms with Crippen LogP contribution in [0.2, 0.25) is 0 Å². The molecule has 1 rings (SSSR count). The third-order valence-electron chi connectivity index (χ3n) is 2.46. The van der Waals surface area contributed by atoms with Crippen molar-refractivity contribution in [2.75, 3.05) is 7.05 Å². The lowest BCUT2D eigenvalue weighted by molar-refractivity contribution is -0.385. The first-order valence-corrected chi connectivity index (χ1v) is 4.98. The molecular formula is C9H12N4O5. The summed E-state index contributed by atoms with van der Waals surface area (Å²) in [5.74, 6) is -1.62. The molecule has 9 nitrogen and oxygen atoms in total. The van der Waals surface area contributed by atoms with Gasteiger partial charge < -0.3 is 10.0 Å². The third kappa shape index (κ3) is 3.03. The number of carbonyl (C=O) groups excluding carboxylic acids is 1. The van der Waals surface area contributed by atoms with Crippen LogP contribution in [0.15, 0.2) is 12.4 Å². The number of aliphatic carboxylic acids is 1. The monoisotopic (exact) mass is 256 g/mol.